The van der Waals surface area contributed by atoms with Crippen LogP contribution in [0, 0.1) is 5.92 Å². The molecule has 1 heterocycles. The lowest BCUT2D eigenvalue weighted by Crippen LogP contribution is -2.21. The Labute approximate surface area is 96.5 Å². The van der Waals surface area contributed by atoms with E-state index in [1.165, 1.54) is 0 Å². The van der Waals surface area contributed by atoms with Gasteiger partial charge in [-0.2, -0.15) is 4.98 Å². The van der Waals surface area contributed by atoms with Crippen LogP contribution in [-0.2, 0) is 13.0 Å². The number of aliphatic hydroxyl groups excluding tert-OH is 1. The molecule has 0 spiro atoms. The molecule has 0 aliphatic carbocycles. The van der Waals surface area contributed by atoms with Gasteiger partial charge in [-0.15, -0.1) is 0 Å². The third kappa shape index (κ3) is 4.72. The highest BCUT2D eigenvalue weighted by Gasteiger charge is 2.09. The SMILES string of the molecule is CC(C)CCc1noc(CN(C)CCO)n1. The van der Waals surface area contributed by atoms with E-state index in [-0.39, 0.29) is 6.61 Å². The van der Waals surface area contributed by atoms with Crippen molar-refractivity contribution in [1.29, 1.82) is 0 Å². The van der Waals surface area contributed by atoms with Crippen LogP contribution in [0.1, 0.15) is 32.0 Å². The van der Waals surface area contributed by atoms with E-state index in [9.17, 15) is 0 Å². The van der Waals surface area contributed by atoms with Crippen molar-refractivity contribution in [3.05, 3.63) is 11.7 Å². The lowest BCUT2D eigenvalue weighted by atomic mass is 10.1. The second kappa shape index (κ2) is 6.60. The van der Waals surface area contributed by atoms with Crippen molar-refractivity contribution in [3.8, 4) is 0 Å². The predicted molar refractivity (Wildman–Crippen MR) is 60.9 cm³/mol. The first kappa shape index (κ1) is 13.1. The third-order valence-corrected chi connectivity index (χ3v) is 2.34. The normalized spacial score (nSPS) is 11.6. The fourth-order valence-electron chi connectivity index (χ4n) is 1.35. The highest BCUT2D eigenvalue weighted by molar-refractivity contribution is 4.86. The zero-order valence-electron chi connectivity index (χ0n) is 10.3. The summed E-state index contributed by atoms with van der Waals surface area (Å²) < 4.78 is 5.13. The average molecular weight is 227 g/mol. The first-order valence-corrected chi connectivity index (χ1v) is 5.72. The van der Waals surface area contributed by atoms with E-state index >= 15 is 0 Å². The van der Waals surface area contributed by atoms with Gasteiger partial charge in [-0.3, -0.25) is 4.90 Å². The summed E-state index contributed by atoms with van der Waals surface area (Å²) in [6, 6.07) is 0. The topological polar surface area (TPSA) is 62.4 Å². The molecule has 92 valence electrons. The molecular formula is C11H21N3O2. The number of hydrogen-bond acceptors (Lipinski definition) is 5. The standard InChI is InChI=1S/C11H21N3O2/c1-9(2)4-5-10-12-11(16-13-10)8-14(3)6-7-15/h9,15H,4-8H2,1-3H3. The van der Waals surface area contributed by atoms with Crippen LogP contribution in [0.15, 0.2) is 4.52 Å². The molecular weight excluding hydrogens is 206 g/mol. The smallest absolute Gasteiger partial charge is 0.240 e. The van der Waals surface area contributed by atoms with Crippen LogP contribution in [-0.4, -0.2) is 40.3 Å². The van der Waals surface area contributed by atoms with Crippen LogP contribution in [0.3, 0.4) is 0 Å². The van der Waals surface area contributed by atoms with Gasteiger partial charge in [0.15, 0.2) is 5.82 Å². The fourth-order valence-corrected chi connectivity index (χ4v) is 1.35. The molecule has 1 aromatic rings. The van der Waals surface area contributed by atoms with Crippen LogP contribution in [0.25, 0.3) is 0 Å². The van der Waals surface area contributed by atoms with Crippen molar-refractivity contribution in [1.82, 2.24) is 15.0 Å². The maximum absolute atomic E-state index is 8.76. The molecule has 1 aromatic heterocycles. The Morgan fingerprint density at radius 3 is 2.81 bits per heavy atom. The molecule has 0 radical (unpaired) electrons. The molecule has 1 N–H and O–H groups in total. The van der Waals surface area contributed by atoms with Gasteiger partial charge in [0.25, 0.3) is 0 Å². The maximum Gasteiger partial charge on any atom is 0.240 e. The Balaban J connectivity index is 2.39. The molecule has 0 saturated heterocycles. The lowest BCUT2D eigenvalue weighted by molar-refractivity contribution is 0.200. The zero-order valence-corrected chi connectivity index (χ0v) is 10.3. The van der Waals surface area contributed by atoms with Crippen molar-refractivity contribution >= 4 is 0 Å². The van der Waals surface area contributed by atoms with Crippen LogP contribution >= 0.6 is 0 Å². The molecule has 0 aliphatic heterocycles. The van der Waals surface area contributed by atoms with E-state index in [4.69, 9.17) is 9.63 Å². The van der Waals surface area contributed by atoms with Gasteiger partial charge >= 0.3 is 0 Å². The van der Waals surface area contributed by atoms with Crippen LogP contribution < -0.4 is 0 Å². The van der Waals surface area contributed by atoms with Gasteiger partial charge in [0.2, 0.25) is 5.89 Å². The van der Waals surface area contributed by atoms with Crippen molar-refractivity contribution < 1.29 is 9.63 Å². The van der Waals surface area contributed by atoms with E-state index in [2.05, 4.69) is 24.0 Å². The first-order valence-electron chi connectivity index (χ1n) is 5.72. The Morgan fingerprint density at radius 1 is 1.44 bits per heavy atom. The quantitative estimate of drug-likeness (QED) is 0.755. The van der Waals surface area contributed by atoms with Crippen molar-refractivity contribution in [2.45, 2.75) is 33.2 Å². The second-order valence-corrected chi connectivity index (χ2v) is 4.50. The number of aliphatic hydroxyl groups is 1. The summed E-state index contributed by atoms with van der Waals surface area (Å²) in [5.74, 6) is 2.05. The average Bonchev–Trinajstić information content (AvgIpc) is 2.63. The highest BCUT2D eigenvalue weighted by Crippen LogP contribution is 2.07. The Bertz CT molecular complexity index is 299. The Morgan fingerprint density at radius 2 is 2.19 bits per heavy atom. The van der Waals surface area contributed by atoms with Gasteiger partial charge in [-0.05, 0) is 19.4 Å². The number of likely N-dealkylation sites (N-methyl/N-ethyl adjacent to an activating group) is 1. The van der Waals surface area contributed by atoms with Crippen molar-refractivity contribution in [2.24, 2.45) is 5.92 Å². The largest absolute Gasteiger partial charge is 0.395 e. The van der Waals surface area contributed by atoms with E-state index in [0.717, 1.165) is 18.7 Å². The van der Waals surface area contributed by atoms with Gasteiger partial charge in [-0.1, -0.05) is 19.0 Å². The molecule has 0 aromatic carbocycles. The molecule has 0 aliphatic rings. The molecule has 0 fully saturated rings. The number of nitrogens with zero attached hydrogens (tertiary/aromatic N) is 3. The summed E-state index contributed by atoms with van der Waals surface area (Å²) in [5, 5.41) is 12.7. The summed E-state index contributed by atoms with van der Waals surface area (Å²) in [6.07, 6.45) is 1.94. The fraction of sp³-hybridized carbons (Fsp3) is 0.818. The number of aromatic nitrogens is 2. The van der Waals surface area contributed by atoms with Crippen LogP contribution in [0.4, 0.5) is 0 Å². The van der Waals surface area contributed by atoms with Gasteiger partial charge < -0.3 is 9.63 Å². The maximum atomic E-state index is 8.76. The Kier molecular flexibility index (Phi) is 5.42. The molecule has 0 unspecified atom stereocenters. The summed E-state index contributed by atoms with van der Waals surface area (Å²) in [4.78, 5) is 6.25. The van der Waals surface area contributed by atoms with E-state index in [0.29, 0.717) is 24.9 Å². The van der Waals surface area contributed by atoms with E-state index in [1.807, 2.05) is 11.9 Å². The van der Waals surface area contributed by atoms with Gasteiger partial charge in [-0.25, -0.2) is 0 Å². The molecule has 0 saturated carbocycles. The van der Waals surface area contributed by atoms with Crippen LogP contribution in [0.2, 0.25) is 0 Å². The monoisotopic (exact) mass is 227 g/mol. The number of rotatable bonds is 7. The molecule has 5 heteroatoms. The molecule has 1 rings (SSSR count). The predicted octanol–water partition coefficient (Wildman–Crippen LogP) is 1.08. The first-order chi connectivity index (χ1) is 7.61. The van der Waals surface area contributed by atoms with Gasteiger partial charge in [0.1, 0.15) is 0 Å². The molecule has 0 atom stereocenters. The van der Waals surface area contributed by atoms with Gasteiger partial charge in [0.05, 0.1) is 13.2 Å². The zero-order chi connectivity index (χ0) is 12.0. The molecule has 16 heavy (non-hydrogen) atoms. The minimum absolute atomic E-state index is 0.144. The van der Waals surface area contributed by atoms with Crippen molar-refractivity contribution in [2.75, 3.05) is 20.2 Å². The molecule has 5 nitrogen and oxygen atoms in total. The number of hydrogen-bond donors (Lipinski definition) is 1. The summed E-state index contributed by atoms with van der Waals surface area (Å²) in [5.41, 5.74) is 0. The lowest BCUT2D eigenvalue weighted by Gasteiger charge is -2.10. The second-order valence-electron chi connectivity index (χ2n) is 4.50. The highest BCUT2D eigenvalue weighted by atomic mass is 16.5. The minimum Gasteiger partial charge on any atom is -0.395 e. The van der Waals surface area contributed by atoms with E-state index in [1.54, 1.807) is 0 Å². The Hall–Kier alpha value is -0.940. The number of aryl methyl sites for hydroxylation is 1. The van der Waals surface area contributed by atoms with Gasteiger partial charge in [0, 0.05) is 13.0 Å². The third-order valence-electron chi connectivity index (χ3n) is 2.34. The van der Waals surface area contributed by atoms with E-state index < -0.39 is 0 Å². The summed E-state index contributed by atoms with van der Waals surface area (Å²) in [7, 11) is 1.91. The van der Waals surface area contributed by atoms with Crippen LogP contribution in [0.5, 0.6) is 0 Å². The molecule has 0 bridgehead atoms. The minimum atomic E-state index is 0.144. The molecule has 0 amide bonds. The van der Waals surface area contributed by atoms with Crippen molar-refractivity contribution in [3.63, 3.8) is 0 Å². The summed E-state index contributed by atoms with van der Waals surface area (Å²) >= 11 is 0. The summed E-state index contributed by atoms with van der Waals surface area (Å²) in [6.45, 7) is 5.70.